The smallest absolute Gasteiger partial charge is 0.323 e. The monoisotopic (exact) mass is 297 g/mol. The highest BCUT2D eigenvalue weighted by Gasteiger charge is 2.15. The maximum atomic E-state index is 13.4. The number of amides is 1. The Hall–Kier alpha value is -1.82. The fraction of sp³-hybridized carbons (Fsp3) is 0.286. The van der Waals surface area contributed by atoms with Crippen molar-refractivity contribution in [3.05, 3.63) is 42.7 Å². The third-order valence-corrected chi connectivity index (χ3v) is 3.49. The van der Waals surface area contributed by atoms with Gasteiger partial charge in [-0.3, -0.25) is 9.59 Å². The van der Waals surface area contributed by atoms with Crippen molar-refractivity contribution >= 4 is 23.6 Å². The maximum Gasteiger partial charge on any atom is 0.323 e. The lowest BCUT2D eigenvalue weighted by molar-refractivity contribution is -0.143. The van der Waals surface area contributed by atoms with Gasteiger partial charge in [0.05, 0.1) is 0 Å². The Morgan fingerprint density at radius 1 is 1.40 bits per heavy atom. The van der Waals surface area contributed by atoms with Gasteiger partial charge in [0.15, 0.2) is 0 Å². The number of carboxylic acid groups (broad SMARTS) is 1. The molecule has 1 rings (SSSR count). The number of rotatable bonds is 8. The normalized spacial score (nSPS) is 10.1. The van der Waals surface area contributed by atoms with Crippen LogP contribution in [-0.2, 0) is 9.59 Å². The van der Waals surface area contributed by atoms with Gasteiger partial charge in [-0.1, -0.05) is 18.2 Å². The van der Waals surface area contributed by atoms with E-state index in [1.54, 1.807) is 18.2 Å². The Labute approximate surface area is 121 Å². The number of hydrogen-bond donors (Lipinski definition) is 1. The van der Waals surface area contributed by atoms with Crippen molar-refractivity contribution in [2.75, 3.05) is 18.8 Å². The molecule has 0 aromatic heterocycles. The second-order valence-corrected chi connectivity index (χ2v) is 5.12. The summed E-state index contributed by atoms with van der Waals surface area (Å²) in [7, 11) is 0. The zero-order valence-electron chi connectivity index (χ0n) is 10.9. The number of aliphatic carboxylic acids is 1. The minimum atomic E-state index is -1.07. The third kappa shape index (κ3) is 5.44. The summed E-state index contributed by atoms with van der Waals surface area (Å²) < 4.78 is 13.4. The first kappa shape index (κ1) is 16.2. The maximum absolute atomic E-state index is 13.4. The molecule has 0 unspecified atom stereocenters. The molecule has 0 bridgehead atoms. The Balaban J connectivity index is 2.47. The van der Waals surface area contributed by atoms with E-state index in [4.69, 9.17) is 5.11 Å². The van der Waals surface area contributed by atoms with Crippen LogP contribution in [0, 0.1) is 5.82 Å². The molecule has 0 heterocycles. The van der Waals surface area contributed by atoms with Crippen molar-refractivity contribution in [2.24, 2.45) is 0 Å². The SMILES string of the molecule is C=CCN(CC(=O)O)C(=O)CCSc1ccccc1F. The molecule has 0 aliphatic heterocycles. The van der Waals surface area contributed by atoms with E-state index in [1.165, 1.54) is 28.8 Å². The molecule has 108 valence electrons. The van der Waals surface area contributed by atoms with Crippen LogP contribution in [0.4, 0.5) is 4.39 Å². The van der Waals surface area contributed by atoms with Gasteiger partial charge in [0.1, 0.15) is 12.4 Å². The van der Waals surface area contributed by atoms with Crippen molar-refractivity contribution in [1.82, 2.24) is 4.90 Å². The molecule has 4 nitrogen and oxygen atoms in total. The van der Waals surface area contributed by atoms with Crippen LogP contribution in [0.1, 0.15) is 6.42 Å². The molecule has 0 saturated carbocycles. The molecule has 0 spiro atoms. The van der Waals surface area contributed by atoms with Gasteiger partial charge in [-0.2, -0.15) is 0 Å². The Bertz CT molecular complexity index is 493. The number of thioether (sulfide) groups is 1. The molecule has 1 aromatic rings. The lowest BCUT2D eigenvalue weighted by Gasteiger charge is -2.18. The first-order valence-electron chi connectivity index (χ1n) is 6.02. The topological polar surface area (TPSA) is 57.6 Å². The summed E-state index contributed by atoms with van der Waals surface area (Å²) in [6.07, 6.45) is 1.63. The molecule has 0 saturated heterocycles. The number of carbonyl (C=O) groups excluding carboxylic acids is 1. The van der Waals surface area contributed by atoms with E-state index in [0.29, 0.717) is 10.6 Å². The van der Waals surface area contributed by atoms with Crippen LogP contribution in [0.3, 0.4) is 0 Å². The first-order chi connectivity index (χ1) is 9.54. The molecular formula is C14H16FNO3S. The van der Waals surface area contributed by atoms with Crippen LogP contribution in [0.25, 0.3) is 0 Å². The van der Waals surface area contributed by atoms with Crippen LogP contribution in [0.5, 0.6) is 0 Å². The van der Waals surface area contributed by atoms with Crippen LogP contribution in [0.15, 0.2) is 41.8 Å². The van der Waals surface area contributed by atoms with Crippen LogP contribution < -0.4 is 0 Å². The molecule has 0 aliphatic carbocycles. The Kier molecular flexibility index (Phi) is 6.79. The van der Waals surface area contributed by atoms with Gasteiger partial charge in [-0.15, -0.1) is 18.3 Å². The highest BCUT2D eigenvalue weighted by Crippen LogP contribution is 2.21. The van der Waals surface area contributed by atoms with E-state index in [9.17, 15) is 14.0 Å². The summed E-state index contributed by atoms with van der Waals surface area (Å²) in [6.45, 7) is 3.33. The second kappa shape index (κ2) is 8.37. The zero-order valence-corrected chi connectivity index (χ0v) is 11.7. The number of halogens is 1. The summed E-state index contributed by atoms with van der Waals surface area (Å²) >= 11 is 1.23. The number of hydrogen-bond acceptors (Lipinski definition) is 3. The number of benzene rings is 1. The van der Waals surface area contributed by atoms with Crippen molar-refractivity contribution < 1.29 is 19.1 Å². The standard InChI is InChI=1S/C14H16FNO3S/c1-2-8-16(10-14(18)19)13(17)7-9-20-12-6-4-3-5-11(12)15/h2-6H,1,7-10H2,(H,18,19). The van der Waals surface area contributed by atoms with E-state index in [2.05, 4.69) is 6.58 Å². The quantitative estimate of drug-likeness (QED) is 0.591. The summed E-state index contributed by atoms with van der Waals surface area (Å²) in [6, 6.07) is 6.33. The Morgan fingerprint density at radius 3 is 2.70 bits per heavy atom. The fourth-order valence-corrected chi connectivity index (χ4v) is 2.42. The van der Waals surface area contributed by atoms with Crippen LogP contribution >= 0.6 is 11.8 Å². The molecule has 6 heteroatoms. The molecule has 0 radical (unpaired) electrons. The van der Waals surface area contributed by atoms with Crippen LogP contribution in [0.2, 0.25) is 0 Å². The Morgan fingerprint density at radius 2 is 2.10 bits per heavy atom. The zero-order chi connectivity index (χ0) is 15.0. The molecule has 0 aliphatic rings. The van der Waals surface area contributed by atoms with Crippen molar-refractivity contribution in [1.29, 1.82) is 0 Å². The predicted octanol–water partition coefficient (Wildman–Crippen LogP) is 2.41. The largest absolute Gasteiger partial charge is 0.480 e. The molecule has 1 amide bonds. The van der Waals surface area contributed by atoms with Crippen molar-refractivity contribution in [3.63, 3.8) is 0 Å². The second-order valence-electron chi connectivity index (χ2n) is 3.99. The van der Waals surface area contributed by atoms with E-state index in [0.717, 1.165) is 0 Å². The minimum Gasteiger partial charge on any atom is -0.480 e. The van der Waals surface area contributed by atoms with Crippen LogP contribution in [-0.4, -0.2) is 40.7 Å². The van der Waals surface area contributed by atoms with Gasteiger partial charge in [-0.05, 0) is 12.1 Å². The van der Waals surface area contributed by atoms with Gasteiger partial charge in [0.2, 0.25) is 5.91 Å². The predicted molar refractivity (Wildman–Crippen MR) is 76.2 cm³/mol. The lowest BCUT2D eigenvalue weighted by Crippen LogP contribution is -2.35. The van der Waals surface area contributed by atoms with E-state index >= 15 is 0 Å². The molecule has 0 fully saturated rings. The van der Waals surface area contributed by atoms with Gasteiger partial charge in [-0.25, -0.2) is 4.39 Å². The van der Waals surface area contributed by atoms with Crippen molar-refractivity contribution in [2.45, 2.75) is 11.3 Å². The molecule has 0 atom stereocenters. The summed E-state index contributed by atoms with van der Waals surface area (Å²) in [5.41, 5.74) is 0. The van der Waals surface area contributed by atoms with Gasteiger partial charge >= 0.3 is 5.97 Å². The summed E-state index contributed by atoms with van der Waals surface area (Å²) in [5, 5.41) is 8.72. The molecule has 1 N–H and O–H groups in total. The van der Waals surface area contributed by atoms with E-state index in [-0.39, 0.29) is 31.2 Å². The number of nitrogens with zero attached hydrogens (tertiary/aromatic N) is 1. The van der Waals surface area contributed by atoms with Gasteiger partial charge in [0.25, 0.3) is 0 Å². The highest BCUT2D eigenvalue weighted by molar-refractivity contribution is 7.99. The minimum absolute atomic E-state index is 0.153. The average molecular weight is 297 g/mol. The number of carboxylic acids is 1. The molecule has 1 aromatic carbocycles. The lowest BCUT2D eigenvalue weighted by atomic mass is 10.3. The molecular weight excluding hydrogens is 281 g/mol. The van der Waals surface area contributed by atoms with Gasteiger partial charge in [0, 0.05) is 23.6 Å². The first-order valence-corrected chi connectivity index (χ1v) is 7.01. The van der Waals surface area contributed by atoms with E-state index in [1.807, 2.05) is 0 Å². The van der Waals surface area contributed by atoms with Crippen molar-refractivity contribution in [3.8, 4) is 0 Å². The van der Waals surface area contributed by atoms with E-state index < -0.39 is 5.97 Å². The third-order valence-electron chi connectivity index (χ3n) is 2.44. The number of carbonyl (C=O) groups is 2. The van der Waals surface area contributed by atoms with Gasteiger partial charge < -0.3 is 10.0 Å². The fourth-order valence-electron chi connectivity index (χ4n) is 1.54. The molecule has 20 heavy (non-hydrogen) atoms. The summed E-state index contributed by atoms with van der Waals surface area (Å²) in [4.78, 5) is 24.2. The summed E-state index contributed by atoms with van der Waals surface area (Å²) in [5.74, 6) is -1.27. The highest BCUT2D eigenvalue weighted by atomic mass is 32.2. The average Bonchev–Trinajstić information content (AvgIpc) is 2.40.